The maximum Gasteiger partial charge on any atom is 0.157 e. The zero-order chi connectivity index (χ0) is 9.80. The molecule has 1 aromatic carbocycles. The number of hydrogen-bond acceptors (Lipinski definition) is 2. The van der Waals surface area contributed by atoms with Crippen molar-refractivity contribution in [1.82, 2.24) is 10.2 Å². The van der Waals surface area contributed by atoms with E-state index in [1.165, 1.54) is 5.56 Å². The predicted molar refractivity (Wildman–Crippen MR) is 54.1 cm³/mol. The smallest absolute Gasteiger partial charge is 0.157 e. The van der Waals surface area contributed by atoms with Crippen LogP contribution in [0.4, 0.5) is 0 Å². The fraction of sp³-hybridized carbons (Fsp3) is 0.182. The molecule has 0 saturated carbocycles. The second kappa shape index (κ2) is 3.96. The number of rotatable bonds is 3. The SMILES string of the molecule is Cc1ccc(COc2cn[nH]c2)cc1. The van der Waals surface area contributed by atoms with Crippen LogP contribution in [0.1, 0.15) is 11.1 Å². The quantitative estimate of drug-likeness (QED) is 0.802. The summed E-state index contributed by atoms with van der Waals surface area (Å²) in [7, 11) is 0. The van der Waals surface area contributed by atoms with E-state index in [4.69, 9.17) is 4.74 Å². The second-order valence-electron chi connectivity index (χ2n) is 3.21. The van der Waals surface area contributed by atoms with Gasteiger partial charge in [0.15, 0.2) is 5.75 Å². The zero-order valence-electron chi connectivity index (χ0n) is 8.03. The van der Waals surface area contributed by atoms with E-state index in [0.29, 0.717) is 6.61 Å². The lowest BCUT2D eigenvalue weighted by Crippen LogP contribution is -1.93. The van der Waals surface area contributed by atoms with E-state index in [2.05, 4.69) is 41.4 Å². The number of aromatic nitrogens is 2. The molecule has 2 rings (SSSR count). The molecule has 0 fully saturated rings. The Bertz CT molecular complexity index is 378. The van der Waals surface area contributed by atoms with Crippen LogP contribution >= 0.6 is 0 Å². The number of aromatic amines is 1. The third-order valence-corrected chi connectivity index (χ3v) is 2.00. The van der Waals surface area contributed by atoms with Crippen molar-refractivity contribution in [2.75, 3.05) is 0 Å². The van der Waals surface area contributed by atoms with Gasteiger partial charge in [0.1, 0.15) is 6.61 Å². The third-order valence-electron chi connectivity index (χ3n) is 2.00. The third kappa shape index (κ3) is 2.13. The molecule has 0 saturated heterocycles. The van der Waals surface area contributed by atoms with Gasteiger partial charge >= 0.3 is 0 Å². The molecule has 1 N–H and O–H groups in total. The average molecular weight is 188 g/mol. The first-order valence-corrected chi connectivity index (χ1v) is 4.52. The van der Waals surface area contributed by atoms with Crippen LogP contribution in [0.2, 0.25) is 0 Å². The number of nitrogens with one attached hydrogen (secondary N) is 1. The number of ether oxygens (including phenoxy) is 1. The van der Waals surface area contributed by atoms with Gasteiger partial charge in [-0.1, -0.05) is 29.8 Å². The molecule has 2 aromatic rings. The molecule has 0 atom stereocenters. The first kappa shape index (κ1) is 8.81. The highest BCUT2D eigenvalue weighted by atomic mass is 16.5. The lowest BCUT2D eigenvalue weighted by atomic mass is 10.2. The van der Waals surface area contributed by atoms with Crippen LogP contribution in [0, 0.1) is 6.92 Å². The number of aryl methyl sites for hydroxylation is 1. The largest absolute Gasteiger partial charge is 0.486 e. The molecule has 0 radical (unpaired) electrons. The van der Waals surface area contributed by atoms with Crippen molar-refractivity contribution in [3.63, 3.8) is 0 Å². The molecule has 1 aromatic heterocycles. The molecule has 0 spiro atoms. The van der Waals surface area contributed by atoms with Gasteiger partial charge in [-0.25, -0.2) is 0 Å². The van der Waals surface area contributed by atoms with Crippen molar-refractivity contribution in [3.8, 4) is 5.75 Å². The highest BCUT2D eigenvalue weighted by molar-refractivity contribution is 5.21. The summed E-state index contributed by atoms with van der Waals surface area (Å²) in [6.07, 6.45) is 3.39. The van der Waals surface area contributed by atoms with E-state index >= 15 is 0 Å². The first-order chi connectivity index (χ1) is 6.84. The Morgan fingerprint density at radius 1 is 1.29 bits per heavy atom. The molecule has 3 heteroatoms. The maximum absolute atomic E-state index is 5.48. The number of H-pyrrole nitrogens is 1. The molecule has 3 nitrogen and oxygen atoms in total. The number of benzene rings is 1. The minimum atomic E-state index is 0.583. The fourth-order valence-electron chi connectivity index (χ4n) is 1.17. The van der Waals surface area contributed by atoms with Crippen LogP contribution < -0.4 is 4.74 Å². The summed E-state index contributed by atoms with van der Waals surface area (Å²) >= 11 is 0. The first-order valence-electron chi connectivity index (χ1n) is 4.52. The highest BCUT2D eigenvalue weighted by Crippen LogP contribution is 2.09. The zero-order valence-corrected chi connectivity index (χ0v) is 8.03. The van der Waals surface area contributed by atoms with Gasteiger partial charge in [-0.3, -0.25) is 5.10 Å². The predicted octanol–water partition coefficient (Wildman–Crippen LogP) is 2.30. The van der Waals surface area contributed by atoms with Gasteiger partial charge in [0.2, 0.25) is 0 Å². The van der Waals surface area contributed by atoms with Crippen LogP contribution in [-0.2, 0) is 6.61 Å². The fourth-order valence-corrected chi connectivity index (χ4v) is 1.17. The van der Waals surface area contributed by atoms with Gasteiger partial charge in [0.25, 0.3) is 0 Å². The monoisotopic (exact) mass is 188 g/mol. The van der Waals surface area contributed by atoms with Crippen molar-refractivity contribution >= 4 is 0 Å². The summed E-state index contributed by atoms with van der Waals surface area (Å²) < 4.78 is 5.48. The molecule has 0 amide bonds. The molecule has 0 bridgehead atoms. The highest BCUT2D eigenvalue weighted by Gasteiger charge is 1.95. The summed E-state index contributed by atoms with van der Waals surface area (Å²) in [5.41, 5.74) is 2.42. The van der Waals surface area contributed by atoms with E-state index < -0.39 is 0 Å². The Kier molecular flexibility index (Phi) is 2.49. The van der Waals surface area contributed by atoms with Gasteiger partial charge in [-0.2, -0.15) is 5.10 Å². The molecule has 0 unspecified atom stereocenters. The summed E-state index contributed by atoms with van der Waals surface area (Å²) in [5.74, 6) is 0.769. The molecule has 0 aliphatic rings. The Balaban J connectivity index is 1.95. The van der Waals surface area contributed by atoms with Crippen molar-refractivity contribution in [1.29, 1.82) is 0 Å². The van der Waals surface area contributed by atoms with E-state index in [9.17, 15) is 0 Å². The maximum atomic E-state index is 5.48. The van der Waals surface area contributed by atoms with E-state index in [1.54, 1.807) is 12.4 Å². The molecular weight excluding hydrogens is 176 g/mol. The van der Waals surface area contributed by atoms with Gasteiger partial charge in [0, 0.05) is 0 Å². The van der Waals surface area contributed by atoms with Crippen LogP contribution in [0.15, 0.2) is 36.7 Å². The van der Waals surface area contributed by atoms with Gasteiger partial charge in [0.05, 0.1) is 12.4 Å². The van der Waals surface area contributed by atoms with Crippen molar-refractivity contribution in [2.45, 2.75) is 13.5 Å². The topological polar surface area (TPSA) is 37.9 Å². The lowest BCUT2D eigenvalue weighted by molar-refractivity contribution is 0.306. The van der Waals surface area contributed by atoms with Crippen molar-refractivity contribution in [3.05, 3.63) is 47.8 Å². The van der Waals surface area contributed by atoms with Crippen molar-refractivity contribution in [2.24, 2.45) is 0 Å². The minimum Gasteiger partial charge on any atom is -0.486 e. The van der Waals surface area contributed by atoms with Crippen LogP contribution in [0.25, 0.3) is 0 Å². The lowest BCUT2D eigenvalue weighted by Gasteiger charge is -2.03. The molecule has 72 valence electrons. The van der Waals surface area contributed by atoms with Crippen LogP contribution in [0.5, 0.6) is 5.75 Å². The van der Waals surface area contributed by atoms with E-state index in [1.807, 2.05) is 0 Å². The Morgan fingerprint density at radius 3 is 2.71 bits per heavy atom. The van der Waals surface area contributed by atoms with E-state index in [0.717, 1.165) is 11.3 Å². The minimum absolute atomic E-state index is 0.583. The Morgan fingerprint density at radius 2 is 2.07 bits per heavy atom. The van der Waals surface area contributed by atoms with E-state index in [-0.39, 0.29) is 0 Å². The Hall–Kier alpha value is -1.77. The molecule has 0 aliphatic heterocycles. The van der Waals surface area contributed by atoms with Crippen LogP contribution in [0.3, 0.4) is 0 Å². The van der Waals surface area contributed by atoms with Gasteiger partial charge < -0.3 is 4.74 Å². The number of nitrogens with zero attached hydrogens (tertiary/aromatic N) is 1. The van der Waals surface area contributed by atoms with Gasteiger partial charge in [-0.15, -0.1) is 0 Å². The summed E-state index contributed by atoms with van der Waals surface area (Å²) in [4.78, 5) is 0. The standard InChI is InChI=1S/C11H12N2O/c1-9-2-4-10(5-3-9)8-14-11-6-12-13-7-11/h2-7H,8H2,1H3,(H,12,13). The molecule has 14 heavy (non-hydrogen) atoms. The number of hydrogen-bond donors (Lipinski definition) is 1. The molecular formula is C11H12N2O. The summed E-state index contributed by atoms with van der Waals surface area (Å²) in [6, 6.07) is 8.28. The van der Waals surface area contributed by atoms with Crippen molar-refractivity contribution < 1.29 is 4.74 Å². The normalized spacial score (nSPS) is 10.1. The Labute approximate surface area is 82.7 Å². The molecule has 0 aliphatic carbocycles. The van der Waals surface area contributed by atoms with Gasteiger partial charge in [-0.05, 0) is 12.5 Å². The summed E-state index contributed by atoms with van der Waals surface area (Å²) in [5, 5.41) is 6.50. The average Bonchev–Trinajstić information content (AvgIpc) is 2.70. The summed E-state index contributed by atoms with van der Waals surface area (Å²) in [6.45, 7) is 2.65. The molecule has 1 heterocycles. The van der Waals surface area contributed by atoms with Crippen LogP contribution in [-0.4, -0.2) is 10.2 Å². The second-order valence-corrected chi connectivity index (χ2v) is 3.21.